The van der Waals surface area contributed by atoms with Gasteiger partial charge in [-0.25, -0.2) is 0 Å². The van der Waals surface area contributed by atoms with Gasteiger partial charge in [-0.3, -0.25) is 9.59 Å². The first-order valence-corrected chi connectivity index (χ1v) is 22.6. The molecule has 5 nitrogen and oxygen atoms in total. The smallest absolute Gasteiger partial charge is 0.306 e. The summed E-state index contributed by atoms with van der Waals surface area (Å²) in [4.78, 5) is 27.2. The van der Waals surface area contributed by atoms with E-state index in [1.165, 1.54) is 174 Å². The first-order valence-electron chi connectivity index (χ1n) is 22.6. The Kier molecular flexibility index (Phi) is 39.8. The third-order valence-electron chi connectivity index (χ3n) is 10.5. The molecule has 50 heavy (non-hydrogen) atoms. The summed E-state index contributed by atoms with van der Waals surface area (Å²) in [5.74, 6) is 0.0408. The standard InChI is InChI=1S/C45H89NO4/c1-5-9-12-15-20-28-35-42-49-44(47)38-31-25-21-27-34-41-46(8-4)40-33-26-19-18-24-32-39-45(48)50-43(36-29-22-16-13-10-6-2)37-30-23-17-14-11-7-3/h43H,5-42H2,1-4H3. The molecule has 0 aromatic heterocycles. The van der Waals surface area contributed by atoms with E-state index in [9.17, 15) is 9.59 Å². The quantitative estimate of drug-likeness (QED) is 0.0468. The molecule has 0 aliphatic rings. The van der Waals surface area contributed by atoms with E-state index in [2.05, 4.69) is 32.6 Å². The molecule has 298 valence electrons. The fourth-order valence-electron chi connectivity index (χ4n) is 7.00. The number of ether oxygens (including phenoxy) is 2. The van der Waals surface area contributed by atoms with E-state index < -0.39 is 0 Å². The summed E-state index contributed by atoms with van der Waals surface area (Å²) in [5, 5.41) is 0. The van der Waals surface area contributed by atoms with Gasteiger partial charge in [-0.2, -0.15) is 0 Å². The largest absolute Gasteiger partial charge is 0.466 e. The average molecular weight is 708 g/mol. The molecule has 0 spiro atoms. The molecule has 0 saturated carbocycles. The van der Waals surface area contributed by atoms with Crippen LogP contribution in [0.2, 0.25) is 0 Å². The maximum Gasteiger partial charge on any atom is 0.306 e. The van der Waals surface area contributed by atoms with E-state index in [4.69, 9.17) is 9.47 Å². The minimum Gasteiger partial charge on any atom is -0.466 e. The lowest BCUT2D eigenvalue weighted by Gasteiger charge is -2.20. The lowest BCUT2D eigenvalue weighted by atomic mass is 10.0. The number of hydrogen-bond acceptors (Lipinski definition) is 5. The lowest BCUT2D eigenvalue weighted by molar-refractivity contribution is -0.150. The van der Waals surface area contributed by atoms with Crippen molar-refractivity contribution in [2.24, 2.45) is 0 Å². The Labute approximate surface area is 313 Å². The Balaban J connectivity index is 3.82. The molecule has 0 aliphatic heterocycles. The molecular formula is C45H89NO4. The van der Waals surface area contributed by atoms with Gasteiger partial charge < -0.3 is 14.4 Å². The van der Waals surface area contributed by atoms with E-state index in [0.717, 1.165) is 51.5 Å². The molecule has 0 saturated heterocycles. The van der Waals surface area contributed by atoms with Crippen LogP contribution in [0.3, 0.4) is 0 Å². The fourth-order valence-corrected chi connectivity index (χ4v) is 7.00. The Morgan fingerprint density at radius 1 is 0.420 bits per heavy atom. The third kappa shape index (κ3) is 36.7. The third-order valence-corrected chi connectivity index (χ3v) is 10.5. The second kappa shape index (κ2) is 40.7. The number of nitrogens with zero attached hydrogens (tertiary/aromatic N) is 1. The summed E-state index contributed by atoms with van der Waals surface area (Å²) in [6, 6.07) is 0. The zero-order chi connectivity index (χ0) is 36.6. The first kappa shape index (κ1) is 48.9. The second-order valence-corrected chi connectivity index (χ2v) is 15.4. The van der Waals surface area contributed by atoms with Crippen molar-refractivity contribution in [3.8, 4) is 0 Å². The van der Waals surface area contributed by atoms with Crippen LogP contribution in [-0.2, 0) is 19.1 Å². The molecule has 0 bridgehead atoms. The minimum absolute atomic E-state index is 0.00282. The van der Waals surface area contributed by atoms with Crippen molar-refractivity contribution in [2.75, 3.05) is 26.2 Å². The summed E-state index contributed by atoms with van der Waals surface area (Å²) in [6.07, 6.45) is 40.8. The Hall–Kier alpha value is -1.10. The van der Waals surface area contributed by atoms with Gasteiger partial charge in [0.05, 0.1) is 6.61 Å². The topological polar surface area (TPSA) is 55.8 Å². The molecule has 0 radical (unpaired) electrons. The predicted octanol–water partition coefficient (Wildman–Crippen LogP) is 14.1. The van der Waals surface area contributed by atoms with Crippen LogP contribution in [0.25, 0.3) is 0 Å². The number of carbonyl (C=O) groups excluding carboxylic acids is 2. The maximum atomic E-state index is 12.7. The molecule has 0 rings (SSSR count). The highest BCUT2D eigenvalue weighted by molar-refractivity contribution is 5.69. The van der Waals surface area contributed by atoms with Crippen molar-refractivity contribution >= 4 is 11.9 Å². The van der Waals surface area contributed by atoms with Gasteiger partial charge in [0.1, 0.15) is 6.10 Å². The van der Waals surface area contributed by atoms with E-state index in [-0.39, 0.29) is 18.0 Å². The van der Waals surface area contributed by atoms with Gasteiger partial charge in [0.25, 0.3) is 0 Å². The Morgan fingerprint density at radius 3 is 1.22 bits per heavy atom. The van der Waals surface area contributed by atoms with Crippen LogP contribution in [0.15, 0.2) is 0 Å². The Morgan fingerprint density at radius 2 is 0.780 bits per heavy atom. The molecule has 0 unspecified atom stereocenters. The van der Waals surface area contributed by atoms with Crippen molar-refractivity contribution in [1.82, 2.24) is 4.90 Å². The molecule has 0 aromatic carbocycles. The van der Waals surface area contributed by atoms with Gasteiger partial charge in [0.2, 0.25) is 0 Å². The Bertz CT molecular complexity index is 683. The number of esters is 2. The van der Waals surface area contributed by atoms with Crippen LogP contribution in [0, 0.1) is 0 Å². The van der Waals surface area contributed by atoms with E-state index in [1.807, 2.05) is 0 Å². The van der Waals surface area contributed by atoms with Gasteiger partial charge in [0.15, 0.2) is 0 Å². The van der Waals surface area contributed by atoms with Crippen molar-refractivity contribution in [2.45, 2.75) is 252 Å². The van der Waals surface area contributed by atoms with Crippen LogP contribution in [-0.4, -0.2) is 49.2 Å². The molecule has 0 atom stereocenters. The average Bonchev–Trinajstić information content (AvgIpc) is 3.11. The highest BCUT2D eigenvalue weighted by Crippen LogP contribution is 2.18. The fraction of sp³-hybridized carbons (Fsp3) is 0.956. The zero-order valence-corrected chi connectivity index (χ0v) is 34.5. The van der Waals surface area contributed by atoms with Crippen LogP contribution in [0.4, 0.5) is 0 Å². The summed E-state index contributed by atoms with van der Waals surface area (Å²) < 4.78 is 11.4. The predicted molar refractivity (Wildman–Crippen MR) is 217 cm³/mol. The maximum absolute atomic E-state index is 12.7. The zero-order valence-electron chi connectivity index (χ0n) is 34.5. The summed E-state index contributed by atoms with van der Waals surface area (Å²) in [7, 11) is 0. The molecule has 0 N–H and O–H groups in total. The van der Waals surface area contributed by atoms with Gasteiger partial charge in [0, 0.05) is 12.8 Å². The van der Waals surface area contributed by atoms with Crippen LogP contribution >= 0.6 is 0 Å². The summed E-state index contributed by atoms with van der Waals surface area (Å²) >= 11 is 0. The van der Waals surface area contributed by atoms with Crippen molar-refractivity contribution in [3.05, 3.63) is 0 Å². The molecule has 0 aromatic rings. The lowest BCUT2D eigenvalue weighted by Crippen LogP contribution is -2.25. The van der Waals surface area contributed by atoms with Crippen LogP contribution < -0.4 is 0 Å². The van der Waals surface area contributed by atoms with E-state index in [1.54, 1.807) is 0 Å². The number of carbonyl (C=O) groups is 2. The second-order valence-electron chi connectivity index (χ2n) is 15.4. The normalized spacial score (nSPS) is 11.6. The van der Waals surface area contributed by atoms with Gasteiger partial charge in [-0.15, -0.1) is 0 Å². The van der Waals surface area contributed by atoms with E-state index in [0.29, 0.717) is 19.4 Å². The molecule has 5 heteroatoms. The monoisotopic (exact) mass is 708 g/mol. The molecule has 0 fully saturated rings. The van der Waals surface area contributed by atoms with Crippen molar-refractivity contribution in [1.29, 1.82) is 0 Å². The summed E-state index contributed by atoms with van der Waals surface area (Å²) in [6.45, 7) is 13.2. The molecule has 0 aliphatic carbocycles. The van der Waals surface area contributed by atoms with Gasteiger partial charge in [-0.05, 0) is 77.4 Å². The molecule has 0 heterocycles. The first-order chi connectivity index (χ1) is 24.6. The summed E-state index contributed by atoms with van der Waals surface area (Å²) in [5.41, 5.74) is 0. The van der Waals surface area contributed by atoms with Crippen molar-refractivity contribution in [3.63, 3.8) is 0 Å². The highest BCUT2D eigenvalue weighted by Gasteiger charge is 2.14. The minimum atomic E-state index is -0.00282. The van der Waals surface area contributed by atoms with Gasteiger partial charge >= 0.3 is 11.9 Å². The number of unbranched alkanes of at least 4 members (excludes halogenated alkanes) is 25. The van der Waals surface area contributed by atoms with Crippen LogP contribution in [0.1, 0.15) is 246 Å². The highest BCUT2D eigenvalue weighted by atomic mass is 16.5. The van der Waals surface area contributed by atoms with E-state index >= 15 is 0 Å². The SMILES string of the molecule is CCCCCCCCCOC(=O)CCCCCCCN(CC)CCCCCCCCC(=O)OC(CCCCCCCC)CCCCCCCC. The molecular weight excluding hydrogens is 618 g/mol. The molecule has 0 amide bonds. The number of rotatable bonds is 41. The number of hydrogen-bond donors (Lipinski definition) is 0. The van der Waals surface area contributed by atoms with Crippen molar-refractivity contribution < 1.29 is 19.1 Å². The van der Waals surface area contributed by atoms with Gasteiger partial charge in [-0.1, -0.05) is 175 Å². The van der Waals surface area contributed by atoms with Crippen LogP contribution in [0.5, 0.6) is 0 Å².